The van der Waals surface area contributed by atoms with Crippen molar-refractivity contribution in [2.45, 2.75) is 32.7 Å². The highest BCUT2D eigenvalue weighted by atomic mass is 35.5. The molecule has 1 aliphatic heterocycles. The van der Waals surface area contributed by atoms with Crippen LogP contribution in [0, 0.1) is 5.92 Å². The highest BCUT2D eigenvalue weighted by Crippen LogP contribution is 2.27. The van der Waals surface area contributed by atoms with Gasteiger partial charge in [-0.2, -0.15) is 0 Å². The molecule has 1 fully saturated rings. The van der Waals surface area contributed by atoms with Crippen LogP contribution in [0.25, 0.3) is 0 Å². The molecular weight excluding hydrogens is 246 g/mol. The lowest BCUT2D eigenvalue weighted by Crippen LogP contribution is -2.21. The molecule has 2 heterocycles. The van der Waals surface area contributed by atoms with Crippen LogP contribution in [0.1, 0.15) is 31.7 Å². The normalized spacial score (nSPS) is 19.5. The Morgan fingerprint density at radius 1 is 1.56 bits per heavy atom. The third-order valence-electron chi connectivity index (χ3n) is 3.59. The molecule has 0 aromatic carbocycles. The lowest BCUT2D eigenvalue weighted by molar-refractivity contribution is 0.529. The number of rotatable bonds is 5. The topological polar surface area (TPSA) is 28.2 Å². The lowest BCUT2D eigenvalue weighted by atomic mass is 10.0. The van der Waals surface area contributed by atoms with Gasteiger partial charge in [-0.25, -0.2) is 4.98 Å². The Balaban J connectivity index is 2.07. The second-order valence-corrected chi connectivity index (χ2v) is 5.46. The van der Waals surface area contributed by atoms with E-state index in [1.165, 1.54) is 19.3 Å². The van der Waals surface area contributed by atoms with Crippen molar-refractivity contribution in [3.05, 3.63) is 22.8 Å². The first kappa shape index (κ1) is 13.6. The molecule has 1 N–H and O–H groups in total. The van der Waals surface area contributed by atoms with E-state index in [2.05, 4.69) is 28.2 Å². The van der Waals surface area contributed by atoms with E-state index in [9.17, 15) is 0 Å². The molecule has 0 spiro atoms. The maximum Gasteiger partial charge on any atom is 0.128 e. The van der Waals surface area contributed by atoms with Crippen LogP contribution in [0.15, 0.2) is 12.3 Å². The van der Waals surface area contributed by atoms with Gasteiger partial charge in [-0.1, -0.05) is 24.9 Å². The van der Waals surface area contributed by atoms with Crippen molar-refractivity contribution in [2.75, 3.05) is 25.0 Å². The van der Waals surface area contributed by atoms with Crippen LogP contribution < -0.4 is 10.2 Å². The van der Waals surface area contributed by atoms with Gasteiger partial charge >= 0.3 is 0 Å². The number of hydrogen-bond donors (Lipinski definition) is 1. The summed E-state index contributed by atoms with van der Waals surface area (Å²) in [6.45, 7) is 5.31. The fourth-order valence-corrected chi connectivity index (χ4v) is 2.82. The molecule has 3 nitrogen and oxygen atoms in total. The van der Waals surface area contributed by atoms with Crippen molar-refractivity contribution in [1.82, 2.24) is 10.3 Å². The average Bonchev–Trinajstić information content (AvgIpc) is 2.81. The number of hydrogen-bond acceptors (Lipinski definition) is 3. The number of nitrogens with zero attached hydrogens (tertiary/aromatic N) is 2. The lowest BCUT2D eigenvalue weighted by Gasteiger charge is -2.18. The molecule has 1 aromatic heterocycles. The summed E-state index contributed by atoms with van der Waals surface area (Å²) in [7, 11) is 1.93. The van der Waals surface area contributed by atoms with Crippen molar-refractivity contribution in [3.8, 4) is 0 Å². The van der Waals surface area contributed by atoms with E-state index in [1.54, 1.807) is 6.20 Å². The van der Waals surface area contributed by atoms with Crippen LogP contribution in [-0.2, 0) is 6.54 Å². The van der Waals surface area contributed by atoms with E-state index in [0.717, 1.165) is 42.0 Å². The van der Waals surface area contributed by atoms with Gasteiger partial charge in [0, 0.05) is 25.8 Å². The Morgan fingerprint density at radius 3 is 3.11 bits per heavy atom. The van der Waals surface area contributed by atoms with Crippen molar-refractivity contribution >= 4 is 17.4 Å². The Kier molecular flexibility index (Phi) is 4.84. The Hall–Kier alpha value is -0.800. The summed E-state index contributed by atoms with van der Waals surface area (Å²) in [5.41, 5.74) is 1.13. The maximum absolute atomic E-state index is 6.14. The first-order chi connectivity index (χ1) is 8.74. The number of aromatic nitrogens is 1. The fraction of sp³-hybridized carbons (Fsp3) is 0.643. The Labute approximate surface area is 115 Å². The summed E-state index contributed by atoms with van der Waals surface area (Å²) in [5, 5.41) is 3.89. The minimum Gasteiger partial charge on any atom is -0.356 e. The van der Waals surface area contributed by atoms with Crippen LogP contribution in [0.2, 0.25) is 5.02 Å². The quantitative estimate of drug-likeness (QED) is 0.889. The predicted octanol–water partition coefficient (Wildman–Crippen LogP) is 3.08. The van der Waals surface area contributed by atoms with Crippen LogP contribution in [0.3, 0.4) is 0 Å². The predicted molar refractivity (Wildman–Crippen MR) is 77.2 cm³/mol. The third-order valence-corrected chi connectivity index (χ3v) is 3.93. The van der Waals surface area contributed by atoms with Gasteiger partial charge < -0.3 is 10.2 Å². The van der Waals surface area contributed by atoms with Crippen LogP contribution in [-0.4, -0.2) is 25.1 Å². The number of nitrogens with one attached hydrogen (secondary N) is 1. The summed E-state index contributed by atoms with van der Waals surface area (Å²) >= 11 is 6.14. The molecule has 100 valence electrons. The monoisotopic (exact) mass is 267 g/mol. The zero-order valence-electron chi connectivity index (χ0n) is 11.2. The minimum absolute atomic E-state index is 0.748. The van der Waals surface area contributed by atoms with Crippen molar-refractivity contribution in [3.63, 3.8) is 0 Å². The largest absolute Gasteiger partial charge is 0.356 e. The summed E-state index contributed by atoms with van der Waals surface area (Å²) in [5.74, 6) is 1.91. The number of anilines is 1. The van der Waals surface area contributed by atoms with Crippen LogP contribution in [0.4, 0.5) is 5.82 Å². The molecule has 0 aliphatic carbocycles. The average molecular weight is 268 g/mol. The van der Waals surface area contributed by atoms with E-state index in [0.29, 0.717) is 0 Å². The molecule has 0 amide bonds. The SMILES string of the molecule is CCCC1CCN(c2cc(CNC)c(Cl)cn2)C1. The van der Waals surface area contributed by atoms with E-state index in [1.807, 2.05) is 7.05 Å². The molecular formula is C14H22ClN3. The van der Waals surface area contributed by atoms with Crippen LogP contribution in [0.5, 0.6) is 0 Å². The first-order valence-electron chi connectivity index (χ1n) is 6.78. The minimum atomic E-state index is 0.748. The van der Waals surface area contributed by atoms with E-state index in [-0.39, 0.29) is 0 Å². The van der Waals surface area contributed by atoms with Gasteiger partial charge in [0.05, 0.1) is 5.02 Å². The summed E-state index contributed by atoms with van der Waals surface area (Å²) in [6.07, 6.45) is 5.67. The molecule has 1 aliphatic rings. The molecule has 4 heteroatoms. The molecule has 1 saturated heterocycles. The van der Waals surface area contributed by atoms with E-state index in [4.69, 9.17) is 11.6 Å². The third kappa shape index (κ3) is 3.15. The van der Waals surface area contributed by atoms with Gasteiger partial charge in [0.1, 0.15) is 5.82 Å². The van der Waals surface area contributed by atoms with E-state index < -0.39 is 0 Å². The molecule has 1 aromatic rings. The summed E-state index contributed by atoms with van der Waals surface area (Å²) in [6, 6.07) is 2.12. The molecule has 1 unspecified atom stereocenters. The first-order valence-corrected chi connectivity index (χ1v) is 7.16. The molecule has 1 atom stereocenters. The summed E-state index contributed by atoms with van der Waals surface area (Å²) in [4.78, 5) is 6.85. The zero-order valence-corrected chi connectivity index (χ0v) is 12.0. The van der Waals surface area contributed by atoms with Crippen molar-refractivity contribution in [2.24, 2.45) is 5.92 Å². The highest BCUT2D eigenvalue weighted by molar-refractivity contribution is 6.31. The fourth-order valence-electron chi connectivity index (χ4n) is 2.65. The smallest absolute Gasteiger partial charge is 0.128 e. The standard InChI is InChI=1S/C14H22ClN3/c1-3-4-11-5-6-18(10-11)14-7-12(8-16-2)13(15)9-17-14/h7,9,11,16H,3-6,8,10H2,1-2H3. The van der Waals surface area contributed by atoms with Crippen molar-refractivity contribution in [1.29, 1.82) is 0 Å². The van der Waals surface area contributed by atoms with E-state index >= 15 is 0 Å². The number of pyridine rings is 1. The van der Waals surface area contributed by atoms with Gasteiger partial charge in [0.2, 0.25) is 0 Å². The molecule has 0 saturated carbocycles. The molecule has 2 rings (SSSR count). The Morgan fingerprint density at radius 2 is 2.39 bits per heavy atom. The van der Waals surface area contributed by atoms with Gasteiger partial charge in [-0.3, -0.25) is 0 Å². The van der Waals surface area contributed by atoms with Gasteiger partial charge in [0.15, 0.2) is 0 Å². The van der Waals surface area contributed by atoms with Crippen LogP contribution >= 0.6 is 11.6 Å². The second kappa shape index (κ2) is 6.39. The highest BCUT2D eigenvalue weighted by Gasteiger charge is 2.23. The zero-order chi connectivity index (χ0) is 13.0. The molecule has 18 heavy (non-hydrogen) atoms. The van der Waals surface area contributed by atoms with Gasteiger partial charge in [0.25, 0.3) is 0 Å². The van der Waals surface area contributed by atoms with Gasteiger partial charge in [-0.15, -0.1) is 0 Å². The van der Waals surface area contributed by atoms with Gasteiger partial charge in [-0.05, 0) is 37.4 Å². The number of halogens is 1. The molecule has 0 bridgehead atoms. The van der Waals surface area contributed by atoms with Crippen molar-refractivity contribution < 1.29 is 0 Å². The second-order valence-electron chi connectivity index (χ2n) is 5.05. The Bertz CT molecular complexity index is 395. The maximum atomic E-state index is 6.14. The summed E-state index contributed by atoms with van der Waals surface area (Å²) < 4.78 is 0. The molecule has 0 radical (unpaired) electrons.